The van der Waals surface area contributed by atoms with Gasteiger partial charge in [-0.3, -0.25) is 0 Å². The molecule has 0 radical (unpaired) electrons. The molecule has 0 bridgehead atoms. The Hall–Kier alpha value is 2.11. The van der Waals surface area contributed by atoms with Gasteiger partial charge in [-0.15, -0.1) is 23.5 Å². The van der Waals surface area contributed by atoms with Gasteiger partial charge in [0.2, 0.25) is 0 Å². The molecule has 0 unspecified atom stereocenters. The Morgan fingerprint density at radius 3 is 1.24 bits per heavy atom. The van der Waals surface area contributed by atoms with Crippen molar-refractivity contribution in [3.63, 3.8) is 0 Å². The summed E-state index contributed by atoms with van der Waals surface area (Å²) in [6.07, 6.45) is 0. The average Bonchev–Trinajstić information content (AvgIpc) is 2.53. The molecule has 2 aromatic rings. The molecule has 0 fully saturated rings. The molecule has 0 aliphatic heterocycles. The Balaban J connectivity index is 2.22. The second-order valence-corrected chi connectivity index (χ2v) is 11.8. The summed E-state index contributed by atoms with van der Waals surface area (Å²) in [5.41, 5.74) is 0. The van der Waals surface area contributed by atoms with Crippen molar-refractivity contribution in [2.75, 3.05) is 20.4 Å². The van der Waals surface area contributed by atoms with Crippen LogP contribution in [-0.4, -0.2) is 20.4 Å². The van der Waals surface area contributed by atoms with E-state index in [1.165, 1.54) is 0 Å². The van der Waals surface area contributed by atoms with Gasteiger partial charge in [0.05, 0.1) is 20.1 Å². The molecule has 0 nitrogen and oxygen atoms in total. The van der Waals surface area contributed by atoms with E-state index in [4.69, 9.17) is 46.4 Å². The SMILES string of the molecule is Clc1cc(Sc2cc(Cl)c(SCCI)c(Cl)c2)cc(Cl)c1SCCI. The first-order chi connectivity index (χ1) is 12.0. The van der Waals surface area contributed by atoms with Crippen molar-refractivity contribution in [1.82, 2.24) is 0 Å². The molecule has 0 heterocycles. The smallest absolute Gasteiger partial charge is 0.0568 e. The van der Waals surface area contributed by atoms with Gasteiger partial charge < -0.3 is 0 Å². The van der Waals surface area contributed by atoms with Gasteiger partial charge in [0.1, 0.15) is 0 Å². The summed E-state index contributed by atoms with van der Waals surface area (Å²) in [5.74, 6) is 1.96. The van der Waals surface area contributed by atoms with Crippen LogP contribution in [0.3, 0.4) is 0 Å². The highest BCUT2D eigenvalue weighted by atomic mass is 127. The molecule has 0 aromatic heterocycles. The average molecular weight is 696 g/mol. The van der Waals surface area contributed by atoms with Gasteiger partial charge in [0.15, 0.2) is 0 Å². The number of hydrogen-bond donors (Lipinski definition) is 0. The van der Waals surface area contributed by atoms with Crippen molar-refractivity contribution in [2.45, 2.75) is 19.6 Å². The van der Waals surface area contributed by atoms with Crippen molar-refractivity contribution < 1.29 is 0 Å². The molecule has 2 rings (SSSR count). The molecule has 0 aliphatic rings. The van der Waals surface area contributed by atoms with Crippen LogP contribution in [0, 0.1) is 0 Å². The van der Waals surface area contributed by atoms with Gasteiger partial charge >= 0.3 is 0 Å². The first-order valence-electron chi connectivity index (χ1n) is 6.99. The summed E-state index contributed by atoms with van der Waals surface area (Å²) in [6, 6.07) is 7.75. The minimum absolute atomic E-state index is 0.677. The van der Waals surface area contributed by atoms with Crippen LogP contribution in [0.5, 0.6) is 0 Å². The molecule has 0 spiro atoms. The zero-order valence-corrected chi connectivity index (χ0v) is 22.4. The van der Waals surface area contributed by atoms with Crippen LogP contribution in [0.1, 0.15) is 0 Å². The molecule has 25 heavy (non-hydrogen) atoms. The second kappa shape index (κ2) is 12.0. The van der Waals surface area contributed by atoms with Gasteiger partial charge in [-0.2, -0.15) is 0 Å². The van der Waals surface area contributed by atoms with E-state index in [0.29, 0.717) is 20.1 Å². The first-order valence-corrected chi connectivity index (χ1v) is 14.3. The van der Waals surface area contributed by atoms with E-state index in [9.17, 15) is 0 Å². The zero-order valence-electron chi connectivity index (χ0n) is 12.6. The summed E-state index contributed by atoms with van der Waals surface area (Å²) in [5, 5.41) is 2.71. The van der Waals surface area contributed by atoms with E-state index in [0.717, 1.165) is 39.9 Å². The zero-order chi connectivity index (χ0) is 18.4. The molecule has 136 valence electrons. The second-order valence-electron chi connectivity index (χ2n) is 4.61. The van der Waals surface area contributed by atoms with E-state index in [1.54, 1.807) is 35.3 Å². The summed E-state index contributed by atoms with van der Waals surface area (Å²) < 4.78 is 2.09. The minimum atomic E-state index is 0.677. The Bertz CT molecular complexity index is 636. The summed E-state index contributed by atoms with van der Waals surface area (Å²) in [6.45, 7) is 0. The fourth-order valence-electron chi connectivity index (χ4n) is 1.88. The fourth-order valence-corrected chi connectivity index (χ4v) is 7.42. The van der Waals surface area contributed by atoms with Gasteiger partial charge in [0, 0.05) is 39.9 Å². The number of hydrogen-bond acceptors (Lipinski definition) is 3. The Kier molecular flexibility index (Phi) is 11.2. The van der Waals surface area contributed by atoms with Crippen molar-refractivity contribution in [3.8, 4) is 0 Å². The van der Waals surface area contributed by atoms with E-state index in [-0.39, 0.29) is 0 Å². The first kappa shape index (κ1) is 23.4. The molecule has 9 heteroatoms. The fraction of sp³-hybridized carbons (Fsp3) is 0.250. The van der Waals surface area contributed by atoms with Crippen molar-refractivity contribution >= 4 is 127 Å². The third-order valence-electron chi connectivity index (χ3n) is 2.83. The van der Waals surface area contributed by atoms with E-state index >= 15 is 0 Å². The summed E-state index contributed by atoms with van der Waals surface area (Å²) in [4.78, 5) is 3.80. The van der Waals surface area contributed by atoms with Gasteiger partial charge in [-0.05, 0) is 24.3 Å². The summed E-state index contributed by atoms with van der Waals surface area (Å²) in [7, 11) is 0. The van der Waals surface area contributed by atoms with Crippen LogP contribution >= 0.6 is 127 Å². The van der Waals surface area contributed by atoms with Crippen molar-refractivity contribution in [2.24, 2.45) is 0 Å². The number of halogens is 6. The number of thioether (sulfide) groups is 2. The lowest BCUT2D eigenvalue weighted by Crippen LogP contribution is -1.86. The van der Waals surface area contributed by atoms with Crippen LogP contribution < -0.4 is 0 Å². The van der Waals surface area contributed by atoms with Gasteiger partial charge in [-0.25, -0.2) is 0 Å². The van der Waals surface area contributed by atoms with Crippen LogP contribution in [0.2, 0.25) is 20.1 Å². The number of benzene rings is 2. The van der Waals surface area contributed by atoms with Gasteiger partial charge in [0.25, 0.3) is 0 Å². The molecular formula is C16H12Cl4I2S3. The highest BCUT2D eigenvalue weighted by Gasteiger charge is 2.13. The Morgan fingerprint density at radius 1 is 0.640 bits per heavy atom. The molecular weight excluding hydrogens is 684 g/mol. The maximum atomic E-state index is 6.40. The van der Waals surface area contributed by atoms with Crippen LogP contribution in [0.25, 0.3) is 0 Å². The molecule has 0 aliphatic carbocycles. The molecule has 0 saturated carbocycles. The molecule has 2 aromatic carbocycles. The van der Waals surface area contributed by atoms with Crippen molar-refractivity contribution in [1.29, 1.82) is 0 Å². The monoisotopic (exact) mass is 694 g/mol. The van der Waals surface area contributed by atoms with Crippen molar-refractivity contribution in [3.05, 3.63) is 44.4 Å². The van der Waals surface area contributed by atoms with Crippen LogP contribution in [-0.2, 0) is 0 Å². The highest BCUT2D eigenvalue weighted by molar-refractivity contribution is 14.1. The topological polar surface area (TPSA) is 0 Å². The van der Waals surface area contributed by atoms with Crippen LogP contribution in [0.15, 0.2) is 43.8 Å². The lowest BCUT2D eigenvalue weighted by Gasteiger charge is -2.11. The highest BCUT2D eigenvalue weighted by Crippen LogP contribution is 2.43. The lowest BCUT2D eigenvalue weighted by molar-refractivity contribution is 1.31. The number of alkyl halides is 2. The van der Waals surface area contributed by atoms with Gasteiger partial charge in [-0.1, -0.05) is 103 Å². The molecule has 0 saturated heterocycles. The minimum Gasteiger partial charge on any atom is -0.122 e. The predicted molar refractivity (Wildman–Crippen MR) is 136 cm³/mol. The predicted octanol–water partition coefficient (Wildman–Crippen LogP) is 9.51. The molecule has 0 atom stereocenters. The third-order valence-corrected chi connectivity index (χ3v) is 10.2. The van der Waals surface area contributed by atoms with E-state index in [2.05, 4.69) is 45.2 Å². The van der Waals surface area contributed by atoms with Crippen LogP contribution in [0.4, 0.5) is 0 Å². The molecule has 0 N–H and O–H groups in total. The largest absolute Gasteiger partial charge is 0.122 e. The number of rotatable bonds is 8. The van der Waals surface area contributed by atoms with E-state index in [1.807, 2.05) is 24.3 Å². The maximum Gasteiger partial charge on any atom is 0.0568 e. The maximum absolute atomic E-state index is 6.40. The Morgan fingerprint density at radius 2 is 0.960 bits per heavy atom. The normalized spacial score (nSPS) is 11.1. The third kappa shape index (κ3) is 7.14. The molecule has 0 amide bonds. The standard InChI is InChI=1S/C16H12Cl4I2S3/c17-11-5-9(6-12(18)15(11)23-3-1-21)25-10-7-13(19)16(14(20)8-10)24-4-2-22/h5-8H,1-4H2. The van der Waals surface area contributed by atoms with E-state index < -0.39 is 0 Å². The quantitative estimate of drug-likeness (QED) is 0.153. The summed E-state index contributed by atoms with van der Waals surface area (Å²) >= 11 is 35.2. The lowest BCUT2D eigenvalue weighted by atomic mass is 10.3. The Labute approximate surface area is 208 Å².